The van der Waals surface area contributed by atoms with Crippen LogP contribution in [0.3, 0.4) is 0 Å². The van der Waals surface area contributed by atoms with Crippen molar-refractivity contribution in [3.63, 3.8) is 0 Å². The number of rotatable bonds is 4. The number of aromatic amines is 1. The molecule has 5 nitrogen and oxygen atoms in total. The fraction of sp³-hybridized carbons (Fsp3) is 0.727. The summed E-state index contributed by atoms with van der Waals surface area (Å²) in [6.07, 6.45) is 11.9. The average molecular weight is 372 g/mol. The van der Waals surface area contributed by atoms with Crippen molar-refractivity contribution < 1.29 is 4.74 Å². The number of imidazole rings is 1. The molecular formula is C22H33N3O2. The molecule has 0 radical (unpaired) electrons. The van der Waals surface area contributed by atoms with Crippen molar-refractivity contribution in [2.75, 3.05) is 6.61 Å². The van der Waals surface area contributed by atoms with E-state index in [0.717, 1.165) is 42.1 Å². The summed E-state index contributed by atoms with van der Waals surface area (Å²) in [6.45, 7) is 7.42. The molecule has 0 aromatic carbocycles. The second-order valence-electron chi connectivity index (χ2n) is 9.00. The highest BCUT2D eigenvalue weighted by atomic mass is 16.5. The Bertz CT molecular complexity index is 837. The van der Waals surface area contributed by atoms with Crippen LogP contribution in [0.1, 0.15) is 76.8 Å². The van der Waals surface area contributed by atoms with Crippen LogP contribution in [0.25, 0.3) is 11.2 Å². The predicted octanol–water partition coefficient (Wildman–Crippen LogP) is 4.75. The lowest BCUT2D eigenvalue weighted by Crippen LogP contribution is -2.37. The Morgan fingerprint density at radius 2 is 1.93 bits per heavy atom. The summed E-state index contributed by atoms with van der Waals surface area (Å²) in [4.78, 5) is 20.1. The summed E-state index contributed by atoms with van der Waals surface area (Å²) < 4.78 is 7.76. The first kappa shape index (κ1) is 18.7. The average Bonchev–Trinajstić information content (AvgIpc) is 2.99. The monoisotopic (exact) mass is 371 g/mol. The Hall–Kier alpha value is -1.62. The van der Waals surface area contributed by atoms with Gasteiger partial charge < -0.3 is 9.72 Å². The highest BCUT2D eigenvalue weighted by Gasteiger charge is 2.40. The number of hydrogen-bond acceptors (Lipinski definition) is 3. The molecular weight excluding hydrogens is 338 g/mol. The summed E-state index contributed by atoms with van der Waals surface area (Å²) >= 11 is 0. The van der Waals surface area contributed by atoms with Gasteiger partial charge in [0.15, 0.2) is 5.65 Å². The van der Waals surface area contributed by atoms with Crippen molar-refractivity contribution in [1.29, 1.82) is 0 Å². The van der Waals surface area contributed by atoms with E-state index in [-0.39, 0.29) is 11.7 Å². The van der Waals surface area contributed by atoms with E-state index in [4.69, 9.17) is 4.74 Å². The molecule has 0 aliphatic heterocycles. The third-order valence-corrected chi connectivity index (χ3v) is 7.22. The lowest BCUT2D eigenvalue weighted by molar-refractivity contribution is -0.0192. The number of aromatic nitrogens is 3. The topological polar surface area (TPSA) is 59.9 Å². The molecule has 2 fully saturated rings. The van der Waals surface area contributed by atoms with E-state index in [0.29, 0.717) is 11.5 Å². The lowest BCUT2D eigenvalue weighted by atomic mass is 9.62. The maximum atomic E-state index is 12.5. The smallest absolute Gasteiger partial charge is 0.327 e. The van der Waals surface area contributed by atoms with Gasteiger partial charge in [0.1, 0.15) is 0 Å². The molecule has 2 aromatic rings. The Balaban J connectivity index is 1.44. The van der Waals surface area contributed by atoms with Crippen molar-refractivity contribution in [1.82, 2.24) is 14.5 Å². The Labute approximate surface area is 161 Å². The summed E-state index contributed by atoms with van der Waals surface area (Å²) in [6, 6.07) is 2.30. The molecule has 2 aliphatic carbocycles. The van der Waals surface area contributed by atoms with Gasteiger partial charge in [-0.3, -0.25) is 4.57 Å². The maximum Gasteiger partial charge on any atom is 0.327 e. The van der Waals surface area contributed by atoms with Gasteiger partial charge in [-0.05, 0) is 88.2 Å². The van der Waals surface area contributed by atoms with Crippen LogP contribution in [0.15, 0.2) is 17.1 Å². The zero-order chi connectivity index (χ0) is 19.0. The van der Waals surface area contributed by atoms with Gasteiger partial charge in [-0.25, -0.2) is 9.78 Å². The molecule has 0 bridgehead atoms. The van der Waals surface area contributed by atoms with Crippen LogP contribution in [0.2, 0.25) is 0 Å². The number of nitrogens with one attached hydrogen (secondary N) is 1. The third-order valence-electron chi connectivity index (χ3n) is 7.22. The van der Waals surface area contributed by atoms with E-state index in [1.807, 2.05) is 23.8 Å². The first-order valence-corrected chi connectivity index (χ1v) is 10.7. The van der Waals surface area contributed by atoms with Crippen LogP contribution in [0, 0.1) is 18.3 Å². The van der Waals surface area contributed by atoms with Gasteiger partial charge in [0.25, 0.3) is 0 Å². The van der Waals surface area contributed by atoms with Crippen LogP contribution >= 0.6 is 0 Å². The predicted molar refractivity (Wildman–Crippen MR) is 108 cm³/mol. The number of fused-ring (bicyclic) bond motifs is 1. The van der Waals surface area contributed by atoms with Crippen molar-refractivity contribution in [3.05, 3.63) is 28.3 Å². The van der Waals surface area contributed by atoms with E-state index < -0.39 is 0 Å². The summed E-state index contributed by atoms with van der Waals surface area (Å²) in [5.41, 5.74) is 3.20. The van der Waals surface area contributed by atoms with E-state index in [2.05, 4.69) is 23.8 Å². The van der Waals surface area contributed by atoms with E-state index in [1.54, 1.807) is 0 Å². The van der Waals surface area contributed by atoms with Crippen molar-refractivity contribution >= 4 is 11.2 Å². The first-order valence-electron chi connectivity index (χ1n) is 10.7. The van der Waals surface area contributed by atoms with Crippen LogP contribution < -0.4 is 5.69 Å². The fourth-order valence-corrected chi connectivity index (χ4v) is 5.55. The lowest BCUT2D eigenvalue weighted by Gasteiger charge is -2.45. The van der Waals surface area contributed by atoms with E-state index in [1.165, 1.54) is 38.5 Å². The largest absolute Gasteiger partial charge is 0.379 e. The van der Waals surface area contributed by atoms with Crippen LogP contribution in [0.4, 0.5) is 0 Å². The SMILES string of the molecule is CCOC1CCC(C)(C2CCC(n3c(=O)[nH]c4cc(C)cnc43)CC2)CC1. The second kappa shape index (κ2) is 7.42. The Morgan fingerprint density at radius 1 is 1.22 bits per heavy atom. The summed E-state index contributed by atoms with van der Waals surface area (Å²) in [5.74, 6) is 0.771. The van der Waals surface area contributed by atoms with Crippen LogP contribution in [-0.4, -0.2) is 27.2 Å². The maximum absolute atomic E-state index is 12.5. The van der Waals surface area contributed by atoms with Gasteiger partial charge in [-0.2, -0.15) is 0 Å². The minimum Gasteiger partial charge on any atom is -0.379 e. The van der Waals surface area contributed by atoms with Gasteiger partial charge in [0, 0.05) is 18.8 Å². The Morgan fingerprint density at radius 3 is 2.59 bits per heavy atom. The molecule has 0 unspecified atom stereocenters. The summed E-state index contributed by atoms with van der Waals surface area (Å²) in [7, 11) is 0. The van der Waals surface area contributed by atoms with Crippen molar-refractivity contribution in [3.8, 4) is 0 Å². The van der Waals surface area contributed by atoms with Crippen LogP contribution in [0.5, 0.6) is 0 Å². The molecule has 27 heavy (non-hydrogen) atoms. The quantitative estimate of drug-likeness (QED) is 0.844. The number of ether oxygens (including phenoxy) is 1. The fourth-order valence-electron chi connectivity index (χ4n) is 5.55. The molecule has 148 valence electrons. The normalized spacial score (nSPS) is 32.0. The number of pyridine rings is 1. The second-order valence-corrected chi connectivity index (χ2v) is 9.00. The molecule has 0 spiro atoms. The molecule has 0 amide bonds. The molecule has 2 saturated carbocycles. The van der Waals surface area contributed by atoms with Gasteiger partial charge in [0.05, 0.1) is 11.6 Å². The van der Waals surface area contributed by atoms with Crippen LogP contribution in [-0.2, 0) is 4.74 Å². The molecule has 5 heteroatoms. The molecule has 1 N–H and O–H groups in total. The minimum absolute atomic E-state index is 0.00464. The number of aryl methyl sites for hydroxylation is 1. The van der Waals surface area contributed by atoms with E-state index >= 15 is 0 Å². The molecule has 0 saturated heterocycles. The van der Waals surface area contributed by atoms with Crippen molar-refractivity contribution in [2.24, 2.45) is 11.3 Å². The molecule has 0 atom stereocenters. The minimum atomic E-state index is -0.00464. The summed E-state index contributed by atoms with van der Waals surface area (Å²) in [5, 5.41) is 0. The standard InChI is InChI=1S/C22H33N3O2/c1-4-27-18-9-11-22(3,12-10-18)16-5-7-17(8-6-16)25-20-19(24-21(25)26)13-15(2)14-23-20/h13-14,16-18H,4-12H2,1-3H3,(H,24,26). The zero-order valence-electron chi connectivity index (χ0n) is 17.0. The zero-order valence-corrected chi connectivity index (χ0v) is 17.0. The van der Waals surface area contributed by atoms with Crippen molar-refractivity contribution in [2.45, 2.75) is 84.3 Å². The van der Waals surface area contributed by atoms with Gasteiger partial charge in [-0.15, -0.1) is 0 Å². The number of H-pyrrole nitrogens is 1. The highest BCUT2D eigenvalue weighted by Crippen LogP contribution is 2.49. The van der Waals surface area contributed by atoms with Gasteiger partial charge in [-0.1, -0.05) is 6.92 Å². The molecule has 4 rings (SSSR count). The Kier molecular flexibility index (Phi) is 5.15. The first-order chi connectivity index (χ1) is 13.0. The highest BCUT2D eigenvalue weighted by molar-refractivity contribution is 5.71. The number of nitrogens with zero attached hydrogens (tertiary/aromatic N) is 2. The molecule has 2 aliphatic rings. The third kappa shape index (κ3) is 3.58. The van der Waals surface area contributed by atoms with Gasteiger partial charge in [0.2, 0.25) is 0 Å². The van der Waals surface area contributed by atoms with E-state index in [9.17, 15) is 4.79 Å². The molecule has 2 aromatic heterocycles. The van der Waals surface area contributed by atoms with Gasteiger partial charge >= 0.3 is 5.69 Å². The molecule has 2 heterocycles. The number of hydrogen-bond donors (Lipinski definition) is 1.